The zero-order valence-corrected chi connectivity index (χ0v) is 18.7. The Hall–Kier alpha value is -2.70. The van der Waals surface area contributed by atoms with Crippen molar-refractivity contribution in [3.8, 4) is 10.6 Å². The number of hydrogen-bond acceptors (Lipinski definition) is 5. The molecule has 2 aromatic heterocycles. The monoisotopic (exact) mass is 439 g/mol. The molecule has 30 heavy (non-hydrogen) atoms. The lowest BCUT2D eigenvalue weighted by Gasteiger charge is -2.05. The lowest BCUT2D eigenvalue weighted by Crippen LogP contribution is -2.08. The zero-order chi connectivity index (χ0) is 21.3. The van der Waals surface area contributed by atoms with Gasteiger partial charge in [-0.15, -0.1) is 11.3 Å². The Bertz CT molecular complexity index is 1230. The van der Waals surface area contributed by atoms with E-state index < -0.39 is 0 Å². The minimum absolute atomic E-state index is 0.222. The highest BCUT2D eigenvalue weighted by Gasteiger charge is 2.17. The van der Waals surface area contributed by atoms with E-state index in [0.717, 1.165) is 49.7 Å². The number of imidazole rings is 1. The molecule has 0 atom stereocenters. The van der Waals surface area contributed by atoms with Crippen LogP contribution in [0.4, 0.5) is 0 Å². The third-order valence-corrected chi connectivity index (χ3v) is 6.39. The topological polar surface area (TPSA) is 57.0 Å². The number of ether oxygens (including phenoxy) is 1. The maximum atomic E-state index is 12.5. The molecule has 0 aliphatic carbocycles. The van der Waals surface area contributed by atoms with Gasteiger partial charge in [-0.3, -0.25) is 4.79 Å². The smallest absolute Gasteiger partial charge is 0.311 e. The van der Waals surface area contributed by atoms with Gasteiger partial charge in [-0.2, -0.15) is 0 Å². The summed E-state index contributed by atoms with van der Waals surface area (Å²) in [6.07, 6.45) is 2.76. The molecule has 0 aliphatic rings. The number of aromatic nitrogens is 3. The SMILES string of the molecule is CCc1nc(-c2ccc(Cl)cc2C)sc1CC(=O)OCc1ccc2c(c1)ncn2C. The Kier molecular flexibility index (Phi) is 5.88. The first-order valence-electron chi connectivity index (χ1n) is 9.75. The number of benzene rings is 2. The first-order chi connectivity index (χ1) is 14.4. The molecule has 0 fully saturated rings. The summed E-state index contributed by atoms with van der Waals surface area (Å²) in [7, 11) is 1.95. The van der Waals surface area contributed by atoms with Crippen molar-refractivity contribution in [2.75, 3.05) is 0 Å². The number of hydrogen-bond donors (Lipinski definition) is 0. The van der Waals surface area contributed by atoms with Crippen LogP contribution >= 0.6 is 22.9 Å². The van der Waals surface area contributed by atoms with E-state index in [4.69, 9.17) is 21.3 Å². The number of halogens is 1. The van der Waals surface area contributed by atoms with Crippen LogP contribution in [0.25, 0.3) is 21.6 Å². The lowest BCUT2D eigenvalue weighted by molar-refractivity contribution is -0.144. The molecule has 2 heterocycles. The van der Waals surface area contributed by atoms with Crippen LogP contribution in [-0.4, -0.2) is 20.5 Å². The van der Waals surface area contributed by atoms with E-state index in [0.29, 0.717) is 5.02 Å². The van der Waals surface area contributed by atoms with Crippen molar-refractivity contribution in [3.05, 3.63) is 69.4 Å². The van der Waals surface area contributed by atoms with E-state index in [1.807, 2.05) is 61.9 Å². The summed E-state index contributed by atoms with van der Waals surface area (Å²) in [5, 5.41) is 1.61. The van der Waals surface area contributed by atoms with Gasteiger partial charge < -0.3 is 9.30 Å². The Morgan fingerprint density at radius 1 is 1.23 bits per heavy atom. The van der Waals surface area contributed by atoms with Gasteiger partial charge in [-0.05, 0) is 48.7 Å². The van der Waals surface area contributed by atoms with Crippen LogP contribution in [0.15, 0.2) is 42.7 Å². The Morgan fingerprint density at radius 2 is 2.07 bits per heavy atom. The first kappa shape index (κ1) is 20.6. The van der Waals surface area contributed by atoms with Gasteiger partial charge in [0, 0.05) is 22.5 Å². The molecule has 5 nitrogen and oxygen atoms in total. The molecule has 7 heteroatoms. The van der Waals surface area contributed by atoms with Crippen molar-refractivity contribution in [1.82, 2.24) is 14.5 Å². The van der Waals surface area contributed by atoms with Crippen molar-refractivity contribution in [3.63, 3.8) is 0 Å². The fourth-order valence-corrected chi connectivity index (χ4v) is 4.85. The molecule has 0 unspecified atom stereocenters. The minimum Gasteiger partial charge on any atom is -0.461 e. The van der Waals surface area contributed by atoms with Gasteiger partial charge in [0.25, 0.3) is 0 Å². The number of aryl methyl sites for hydroxylation is 3. The molecule has 0 spiro atoms. The standard InChI is InChI=1S/C23H22ClN3O2S/c1-4-18-21(30-23(26-18)17-7-6-16(24)9-14(17)2)11-22(28)29-12-15-5-8-20-19(10-15)25-13-27(20)3/h5-10,13H,4,11-12H2,1-3H3. The van der Waals surface area contributed by atoms with Gasteiger partial charge in [-0.25, -0.2) is 9.97 Å². The summed E-state index contributed by atoms with van der Waals surface area (Å²) >= 11 is 7.62. The van der Waals surface area contributed by atoms with Gasteiger partial charge >= 0.3 is 5.97 Å². The van der Waals surface area contributed by atoms with Gasteiger partial charge in [0.1, 0.15) is 11.6 Å². The summed E-state index contributed by atoms with van der Waals surface area (Å²) in [5.41, 5.74) is 5.92. The minimum atomic E-state index is -0.256. The molecule has 0 aliphatic heterocycles. The van der Waals surface area contributed by atoms with Crippen molar-refractivity contribution < 1.29 is 9.53 Å². The van der Waals surface area contributed by atoms with Gasteiger partial charge in [-0.1, -0.05) is 30.7 Å². The quantitative estimate of drug-likeness (QED) is 0.372. The predicted molar refractivity (Wildman–Crippen MR) is 121 cm³/mol. The van der Waals surface area contributed by atoms with Crippen LogP contribution in [0.5, 0.6) is 0 Å². The van der Waals surface area contributed by atoms with Crippen LogP contribution in [0.1, 0.15) is 28.6 Å². The van der Waals surface area contributed by atoms with E-state index in [2.05, 4.69) is 4.98 Å². The fourth-order valence-electron chi connectivity index (χ4n) is 3.40. The number of nitrogens with zero attached hydrogens (tertiary/aromatic N) is 3. The van der Waals surface area contributed by atoms with Crippen molar-refractivity contribution >= 4 is 39.9 Å². The molecule has 0 amide bonds. The second kappa shape index (κ2) is 8.58. The van der Waals surface area contributed by atoms with E-state index in [1.54, 1.807) is 17.7 Å². The van der Waals surface area contributed by atoms with E-state index >= 15 is 0 Å². The van der Waals surface area contributed by atoms with E-state index in [9.17, 15) is 4.79 Å². The summed E-state index contributed by atoms with van der Waals surface area (Å²) in [5.74, 6) is -0.256. The lowest BCUT2D eigenvalue weighted by atomic mass is 10.1. The average Bonchev–Trinajstić information content (AvgIpc) is 3.29. The maximum Gasteiger partial charge on any atom is 0.311 e. The predicted octanol–water partition coefficient (Wildman–Crippen LogP) is 5.51. The van der Waals surface area contributed by atoms with Crippen LogP contribution < -0.4 is 0 Å². The van der Waals surface area contributed by atoms with E-state index in [-0.39, 0.29) is 19.0 Å². The normalized spacial score (nSPS) is 11.2. The van der Waals surface area contributed by atoms with E-state index in [1.165, 1.54) is 0 Å². The van der Waals surface area contributed by atoms with Crippen LogP contribution in [-0.2, 0) is 36.0 Å². The summed E-state index contributed by atoms with van der Waals surface area (Å²) in [6, 6.07) is 11.7. The molecule has 0 saturated heterocycles. The molecule has 4 rings (SSSR count). The van der Waals surface area contributed by atoms with Gasteiger partial charge in [0.15, 0.2) is 0 Å². The maximum absolute atomic E-state index is 12.5. The van der Waals surface area contributed by atoms with Crippen LogP contribution in [0.3, 0.4) is 0 Å². The zero-order valence-electron chi connectivity index (χ0n) is 17.1. The summed E-state index contributed by atoms with van der Waals surface area (Å²) in [4.78, 5) is 22.6. The molecule has 0 bridgehead atoms. The van der Waals surface area contributed by atoms with Crippen molar-refractivity contribution in [2.24, 2.45) is 7.05 Å². The highest BCUT2D eigenvalue weighted by atomic mass is 35.5. The number of carbonyl (C=O) groups excluding carboxylic acids is 1. The Morgan fingerprint density at radius 3 is 2.83 bits per heavy atom. The number of rotatable bonds is 6. The number of carbonyl (C=O) groups is 1. The summed E-state index contributed by atoms with van der Waals surface area (Å²) < 4.78 is 7.49. The molecular weight excluding hydrogens is 418 g/mol. The molecule has 0 saturated carbocycles. The highest BCUT2D eigenvalue weighted by molar-refractivity contribution is 7.15. The Balaban J connectivity index is 1.46. The van der Waals surface area contributed by atoms with Crippen molar-refractivity contribution in [1.29, 1.82) is 0 Å². The van der Waals surface area contributed by atoms with Crippen LogP contribution in [0, 0.1) is 6.92 Å². The third kappa shape index (κ3) is 4.25. The fraction of sp³-hybridized carbons (Fsp3) is 0.261. The molecule has 4 aromatic rings. The molecule has 154 valence electrons. The number of fused-ring (bicyclic) bond motifs is 1. The largest absolute Gasteiger partial charge is 0.461 e. The molecule has 0 N–H and O–H groups in total. The average molecular weight is 440 g/mol. The molecule has 2 aromatic carbocycles. The number of esters is 1. The third-order valence-electron chi connectivity index (χ3n) is 5.03. The van der Waals surface area contributed by atoms with Gasteiger partial charge in [0.2, 0.25) is 0 Å². The highest BCUT2D eigenvalue weighted by Crippen LogP contribution is 2.32. The van der Waals surface area contributed by atoms with Crippen molar-refractivity contribution in [2.45, 2.75) is 33.3 Å². The second-order valence-corrected chi connectivity index (χ2v) is 8.74. The Labute approximate surface area is 184 Å². The first-order valence-corrected chi connectivity index (χ1v) is 10.9. The second-order valence-electron chi connectivity index (χ2n) is 7.22. The molecular formula is C23H22ClN3O2S. The van der Waals surface area contributed by atoms with Gasteiger partial charge in [0.05, 0.1) is 29.5 Å². The number of thiazole rings is 1. The summed E-state index contributed by atoms with van der Waals surface area (Å²) in [6.45, 7) is 4.29. The molecule has 0 radical (unpaired) electrons. The van der Waals surface area contributed by atoms with Crippen LogP contribution in [0.2, 0.25) is 5.02 Å².